The molecule has 0 unspecified atom stereocenters. The van der Waals surface area contributed by atoms with Gasteiger partial charge in [-0.15, -0.1) is 0 Å². The van der Waals surface area contributed by atoms with Gasteiger partial charge in [-0.05, 0) is 12.1 Å². The van der Waals surface area contributed by atoms with Crippen molar-refractivity contribution >= 4 is 29.6 Å². The fourth-order valence-electron chi connectivity index (χ4n) is 3.55. The van der Waals surface area contributed by atoms with Crippen LogP contribution in [-0.2, 0) is 9.59 Å². The zero-order valence-electron chi connectivity index (χ0n) is 15.6. The SMILES string of the molecule is CN1/C(=C(Cl)\C=C(/C=O)Nc2ccncn2)C(=O)NC12CCN(CCO)CC2. The lowest BCUT2D eigenvalue weighted by molar-refractivity contribution is -0.117. The van der Waals surface area contributed by atoms with Crippen LogP contribution >= 0.6 is 11.6 Å². The first kappa shape index (κ1) is 20.2. The molecule has 0 aromatic carbocycles. The summed E-state index contributed by atoms with van der Waals surface area (Å²) in [6.45, 7) is 2.27. The predicted molar refractivity (Wildman–Crippen MR) is 104 cm³/mol. The minimum atomic E-state index is -0.506. The average molecular weight is 407 g/mol. The van der Waals surface area contributed by atoms with Crippen molar-refractivity contribution < 1.29 is 14.7 Å². The summed E-state index contributed by atoms with van der Waals surface area (Å²) in [6.07, 6.45) is 6.36. The van der Waals surface area contributed by atoms with Gasteiger partial charge in [0, 0.05) is 45.7 Å². The van der Waals surface area contributed by atoms with Gasteiger partial charge in [-0.3, -0.25) is 9.59 Å². The van der Waals surface area contributed by atoms with Gasteiger partial charge in [0.1, 0.15) is 23.5 Å². The van der Waals surface area contributed by atoms with E-state index >= 15 is 0 Å². The molecule has 10 heteroatoms. The summed E-state index contributed by atoms with van der Waals surface area (Å²) in [5, 5.41) is 15.2. The summed E-state index contributed by atoms with van der Waals surface area (Å²) >= 11 is 6.42. The van der Waals surface area contributed by atoms with E-state index in [-0.39, 0.29) is 23.2 Å². The molecule has 0 saturated carbocycles. The van der Waals surface area contributed by atoms with Crippen LogP contribution in [0.1, 0.15) is 12.8 Å². The van der Waals surface area contributed by atoms with E-state index in [0.29, 0.717) is 37.2 Å². The molecule has 3 rings (SSSR count). The van der Waals surface area contributed by atoms with E-state index in [2.05, 4.69) is 25.5 Å². The molecule has 28 heavy (non-hydrogen) atoms. The number of β-amino-alcohol motifs (C(OH)–C–C–N with tert-alkyl or cyclic N) is 1. The number of carbonyl (C=O) groups is 2. The lowest BCUT2D eigenvalue weighted by Gasteiger charge is -2.43. The number of hydrogen-bond acceptors (Lipinski definition) is 8. The number of allylic oxidation sites excluding steroid dienone is 3. The van der Waals surface area contributed by atoms with Gasteiger partial charge in [0.25, 0.3) is 5.91 Å². The molecule has 2 aliphatic heterocycles. The molecule has 3 N–H and O–H groups in total. The van der Waals surface area contributed by atoms with Crippen LogP contribution in [0.3, 0.4) is 0 Å². The second-order valence-corrected chi connectivity index (χ2v) is 7.15. The van der Waals surface area contributed by atoms with Crippen LogP contribution < -0.4 is 10.6 Å². The number of anilines is 1. The average Bonchev–Trinajstić information content (AvgIpc) is 2.93. The van der Waals surface area contributed by atoms with Crippen LogP contribution in [0.4, 0.5) is 5.82 Å². The van der Waals surface area contributed by atoms with Crippen molar-refractivity contribution in [3.05, 3.63) is 41.1 Å². The number of halogens is 1. The number of rotatable bonds is 6. The quantitative estimate of drug-likeness (QED) is 0.456. The molecule has 150 valence electrons. The molecular formula is C18H23ClN6O3. The molecule has 0 atom stereocenters. The molecule has 1 aromatic heterocycles. The minimum Gasteiger partial charge on any atom is -0.395 e. The van der Waals surface area contributed by atoms with Gasteiger partial charge in [0.15, 0.2) is 6.29 Å². The molecule has 1 aromatic rings. The van der Waals surface area contributed by atoms with E-state index in [1.165, 1.54) is 12.4 Å². The molecule has 2 fully saturated rings. The fraction of sp³-hybridized carbons (Fsp3) is 0.444. The van der Waals surface area contributed by atoms with Gasteiger partial charge in [0.05, 0.1) is 17.3 Å². The first-order chi connectivity index (χ1) is 13.5. The van der Waals surface area contributed by atoms with E-state index in [4.69, 9.17) is 16.7 Å². The summed E-state index contributed by atoms with van der Waals surface area (Å²) in [6, 6.07) is 1.61. The topological polar surface area (TPSA) is 111 Å². The number of carbonyl (C=O) groups excluding carboxylic acids is 2. The van der Waals surface area contributed by atoms with Crippen molar-refractivity contribution in [2.24, 2.45) is 0 Å². The molecule has 1 amide bonds. The van der Waals surface area contributed by atoms with Crippen LogP contribution in [0.25, 0.3) is 0 Å². The zero-order chi connectivity index (χ0) is 20.1. The maximum absolute atomic E-state index is 12.6. The fourth-order valence-corrected chi connectivity index (χ4v) is 3.88. The van der Waals surface area contributed by atoms with E-state index in [1.54, 1.807) is 12.3 Å². The minimum absolute atomic E-state index is 0.116. The van der Waals surface area contributed by atoms with Gasteiger partial charge in [-0.1, -0.05) is 11.6 Å². The van der Waals surface area contributed by atoms with Crippen molar-refractivity contribution in [2.45, 2.75) is 18.5 Å². The second-order valence-electron chi connectivity index (χ2n) is 6.74. The van der Waals surface area contributed by atoms with E-state index in [0.717, 1.165) is 13.1 Å². The number of likely N-dealkylation sites (tertiary alicyclic amines) is 1. The Balaban J connectivity index is 1.80. The summed E-state index contributed by atoms with van der Waals surface area (Å²) in [5.74, 6) is 0.173. The van der Waals surface area contributed by atoms with E-state index < -0.39 is 5.66 Å². The van der Waals surface area contributed by atoms with Crippen LogP contribution in [0, 0.1) is 0 Å². The van der Waals surface area contributed by atoms with E-state index in [9.17, 15) is 9.59 Å². The Morgan fingerprint density at radius 3 is 2.82 bits per heavy atom. The monoisotopic (exact) mass is 406 g/mol. The Hall–Kier alpha value is -2.49. The smallest absolute Gasteiger partial charge is 0.270 e. The Kier molecular flexibility index (Phi) is 6.28. The van der Waals surface area contributed by atoms with Gasteiger partial charge in [-0.25, -0.2) is 9.97 Å². The molecule has 3 heterocycles. The van der Waals surface area contributed by atoms with E-state index in [1.807, 2.05) is 11.9 Å². The largest absolute Gasteiger partial charge is 0.395 e. The number of nitrogens with zero attached hydrogens (tertiary/aromatic N) is 4. The number of piperidine rings is 1. The first-order valence-corrected chi connectivity index (χ1v) is 9.36. The number of aliphatic hydroxyl groups is 1. The number of aldehydes is 1. The Morgan fingerprint density at radius 1 is 1.46 bits per heavy atom. The number of nitrogens with one attached hydrogen (secondary N) is 2. The highest BCUT2D eigenvalue weighted by Crippen LogP contribution is 2.35. The van der Waals surface area contributed by atoms with Gasteiger partial charge in [-0.2, -0.15) is 0 Å². The van der Waals surface area contributed by atoms with Crippen molar-refractivity contribution in [3.8, 4) is 0 Å². The van der Waals surface area contributed by atoms with Gasteiger partial charge < -0.3 is 25.5 Å². The number of amides is 1. The van der Waals surface area contributed by atoms with Crippen LogP contribution in [0.2, 0.25) is 0 Å². The maximum Gasteiger partial charge on any atom is 0.270 e. The molecule has 9 nitrogen and oxygen atoms in total. The van der Waals surface area contributed by atoms with Crippen LogP contribution in [0.15, 0.2) is 41.1 Å². The standard InChI is InChI=1S/C18H23ClN6O3/c1-24-16(14(19)10-13(11-27)22-15-2-5-20-12-21-15)17(28)23-18(24)3-6-25(7-4-18)8-9-26/h2,5,10-12,26H,3-4,6-9H2,1H3,(H,23,28)(H,20,21,22)/b13-10+,16-14+. The highest BCUT2D eigenvalue weighted by molar-refractivity contribution is 6.33. The van der Waals surface area contributed by atoms with Crippen LogP contribution in [0.5, 0.6) is 0 Å². The molecule has 0 bridgehead atoms. The molecule has 0 radical (unpaired) electrons. The van der Waals surface area contributed by atoms with Crippen molar-refractivity contribution in [2.75, 3.05) is 38.6 Å². The Labute approximate surface area is 168 Å². The third-order valence-electron chi connectivity index (χ3n) is 5.13. The number of likely N-dealkylation sites (N-methyl/N-ethyl adjacent to an activating group) is 1. The lowest BCUT2D eigenvalue weighted by Crippen LogP contribution is -2.57. The first-order valence-electron chi connectivity index (χ1n) is 8.98. The highest BCUT2D eigenvalue weighted by atomic mass is 35.5. The summed E-state index contributed by atoms with van der Waals surface area (Å²) in [7, 11) is 1.82. The molecule has 1 spiro atoms. The summed E-state index contributed by atoms with van der Waals surface area (Å²) in [5.41, 5.74) is -0.00874. The Bertz CT molecular complexity index is 790. The van der Waals surface area contributed by atoms with Crippen molar-refractivity contribution in [3.63, 3.8) is 0 Å². The zero-order valence-corrected chi connectivity index (χ0v) is 16.3. The molecule has 2 aliphatic rings. The Morgan fingerprint density at radius 2 is 2.21 bits per heavy atom. The third-order valence-corrected chi connectivity index (χ3v) is 5.42. The predicted octanol–water partition coefficient (Wildman–Crippen LogP) is 0.268. The molecule has 0 aliphatic carbocycles. The number of hydrogen-bond donors (Lipinski definition) is 3. The summed E-state index contributed by atoms with van der Waals surface area (Å²) in [4.78, 5) is 35.9. The molecular weight excluding hydrogens is 384 g/mol. The van der Waals surface area contributed by atoms with Crippen molar-refractivity contribution in [1.82, 2.24) is 25.1 Å². The second kappa shape index (κ2) is 8.68. The lowest BCUT2D eigenvalue weighted by atomic mass is 9.96. The van der Waals surface area contributed by atoms with Crippen LogP contribution in [-0.4, -0.2) is 76.0 Å². The molecule has 2 saturated heterocycles. The summed E-state index contributed by atoms with van der Waals surface area (Å²) < 4.78 is 0. The van der Waals surface area contributed by atoms with Gasteiger partial charge in [0.2, 0.25) is 0 Å². The third kappa shape index (κ3) is 4.16. The maximum atomic E-state index is 12.6. The number of aliphatic hydroxyl groups excluding tert-OH is 1. The van der Waals surface area contributed by atoms with Gasteiger partial charge >= 0.3 is 0 Å². The normalized spacial score (nSPS) is 21.6. The highest BCUT2D eigenvalue weighted by Gasteiger charge is 2.47. The van der Waals surface area contributed by atoms with Crippen molar-refractivity contribution in [1.29, 1.82) is 0 Å². The number of aromatic nitrogens is 2.